The fourth-order valence-electron chi connectivity index (χ4n) is 1.99. The van der Waals surface area contributed by atoms with E-state index in [1.807, 2.05) is 38.1 Å². The number of halogens is 2. The van der Waals surface area contributed by atoms with Crippen molar-refractivity contribution in [1.82, 2.24) is 4.98 Å². The first-order valence-electron chi connectivity index (χ1n) is 5.88. The Morgan fingerprint density at radius 2 is 1.84 bits per heavy atom. The molecular weight excluding hydrogens is 370 g/mol. The van der Waals surface area contributed by atoms with Crippen molar-refractivity contribution in [3.63, 3.8) is 0 Å². The maximum atomic E-state index is 12.3. The fraction of sp³-hybridized carbons (Fsp3) is 0.200. The molecule has 4 heteroatoms. The van der Waals surface area contributed by atoms with Crippen LogP contribution in [0.2, 0.25) is 0 Å². The summed E-state index contributed by atoms with van der Waals surface area (Å²) in [6.45, 7) is 4.05. The number of rotatable bonds is 3. The molecule has 0 N–H and O–H groups in total. The quantitative estimate of drug-likeness (QED) is 0.723. The average Bonchev–Trinajstić information content (AvgIpc) is 2.33. The lowest BCUT2D eigenvalue weighted by Crippen LogP contribution is -2.09. The van der Waals surface area contributed by atoms with Crippen LogP contribution in [0.3, 0.4) is 0 Å². The number of aromatic nitrogens is 1. The number of nitrogens with zero attached hydrogens (tertiary/aromatic N) is 1. The zero-order valence-electron chi connectivity index (χ0n) is 10.7. The Kier molecular flexibility index (Phi) is 4.53. The highest BCUT2D eigenvalue weighted by atomic mass is 79.9. The fourth-order valence-corrected chi connectivity index (χ4v) is 3.20. The van der Waals surface area contributed by atoms with E-state index < -0.39 is 0 Å². The first-order valence-corrected chi connectivity index (χ1v) is 7.47. The average molecular weight is 383 g/mol. The number of carbonyl (C=O) groups excluding carboxylic acids is 1. The highest BCUT2D eigenvalue weighted by Crippen LogP contribution is 2.22. The third-order valence-corrected chi connectivity index (χ3v) is 4.09. The standard InChI is InChI=1S/C15H13Br2NO/c1-9-4-3-5-10(2)12(9)7-14(19)15-13(17)6-11(16)8-18-15/h3-6,8H,7H2,1-2H3. The van der Waals surface area contributed by atoms with Gasteiger partial charge in [-0.2, -0.15) is 0 Å². The third kappa shape index (κ3) is 3.31. The summed E-state index contributed by atoms with van der Waals surface area (Å²) in [5.41, 5.74) is 3.85. The first-order chi connectivity index (χ1) is 8.99. The largest absolute Gasteiger partial charge is 0.292 e. The summed E-state index contributed by atoms with van der Waals surface area (Å²) in [6.07, 6.45) is 2.02. The topological polar surface area (TPSA) is 30.0 Å². The minimum absolute atomic E-state index is 0.0248. The molecule has 19 heavy (non-hydrogen) atoms. The van der Waals surface area contributed by atoms with Crippen molar-refractivity contribution in [2.45, 2.75) is 20.3 Å². The maximum absolute atomic E-state index is 12.3. The molecule has 0 unspecified atom stereocenters. The van der Waals surface area contributed by atoms with Crippen molar-refractivity contribution in [2.75, 3.05) is 0 Å². The zero-order chi connectivity index (χ0) is 14.0. The Morgan fingerprint density at radius 3 is 2.42 bits per heavy atom. The van der Waals surface area contributed by atoms with Crippen molar-refractivity contribution in [3.8, 4) is 0 Å². The van der Waals surface area contributed by atoms with Crippen LogP contribution in [0.4, 0.5) is 0 Å². The Bertz CT molecular complexity index is 618. The van der Waals surface area contributed by atoms with Gasteiger partial charge >= 0.3 is 0 Å². The second-order valence-corrected chi connectivity index (χ2v) is 6.22. The molecule has 2 aromatic rings. The van der Waals surface area contributed by atoms with E-state index in [0.717, 1.165) is 25.6 Å². The van der Waals surface area contributed by atoms with E-state index >= 15 is 0 Å². The summed E-state index contributed by atoms with van der Waals surface area (Å²) in [5.74, 6) is 0.0248. The predicted octanol–water partition coefficient (Wildman–Crippen LogP) is 4.65. The van der Waals surface area contributed by atoms with Crippen LogP contribution >= 0.6 is 31.9 Å². The number of ketones is 1. The molecule has 1 heterocycles. The third-order valence-electron chi connectivity index (χ3n) is 3.05. The highest BCUT2D eigenvalue weighted by Gasteiger charge is 2.15. The number of carbonyl (C=O) groups is 1. The molecule has 0 spiro atoms. The summed E-state index contributed by atoms with van der Waals surface area (Å²) < 4.78 is 1.57. The predicted molar refractivity (Wildman–Crippen MR) is 83.6 cm³/mol. The van der Waals surface area contributed by atoms with Gasteiger partial charge in [-0.05, 0) is 68.5 Å². The van der Waals surface area contributed by atoms with Gasteiger partial charge in [0.15, 0.2) is 5.78 Å². The minimum atomic E-state index is 0.0248. The minimum Gasteiger partial charge on any atom is -0.292 e. The molecule has 0 aliphatic rings. The van der Waals surface area contributed by atoms with Gasteiger partial charge in [-0.15, -0.1) is 0 Å². The molecule has 0 atom stereocenters. The molecule has 0 fully saturated rings. The molecule has 0 aliphatic carbocycles. The van der Waals surface area contributed by atoms with Crippen LogP contribution < -0.4 is 0 Å². The van der Waals surface area contributed by atoms with E-state index in [9.17, 15) is 4.79 Å². The monoisotopic (exact) mass is 381 g/mol. The number of aryl methyl sites for hydroxylation is 2. The van der Waals surface area contributed by atoms with E-state index in [0.29, 0.717) is 12.1 Å². The van der Waals surface area contributed by atoms with Crippen molar-refractivity contribution in [3.05, 3.63) is 61.8 Å². The molecule has 2 rings (SSSR count). The van der Waals surface area contributed by atoms with Gasteiger partial charge in [0.05, 0.1) is 0 Å². The van der Waals surface area contributed by atoms with Crippen LogP contribution in [0.1, 0.15) is 27.2 Å². The summed E-state index contributed by atoms with van der Waals surface area (Å²) in [4.78, 5) is 16.5. The van der Waals surface area contributed by atoms with Crippen molar-refractivity contribution >= 4 is 37.6 Å². The highest BCUT2D eigenvalue weighted by molar-refractivity contribution is 9.11. The van der Waals surface area contributed by atoms with Crippen LogP contribution in [0.5, 0.6) is 0 Å². The van der Waals surface area contributed by atoms with Gasteiger partial charge in [0.2, 0.25) is 0 Å². The van der Waals surface area contributed by atoms with Crippen LogP contribution in [0.25, 0.3) is 0 Å². The Hall–Kier alpha value is -1.00. The molecule has 98 valence electrons. The van der Waals surface area contributed by atoms with E-state index in [-0.39, 0.29) is 5.78 Å². The van der Waals surface area contributed by atoms with Crippen LogP contribution in [0, 0.1) is 13.8 Å². The first kappa shape index (κ1) is 14.4. The van der Waals surface area contributed by atoms with E-state index in [4.69, 9.17) is 0 Å². The van der Waals surface area contributed by atoms with E-state index in [2.05, 4.69) is 36.8 Å². The number of pyridine rings is 1. The van der Waals surface area contributed by atoms with Crippen LogP contribution in [-0.4, -0.2) is 10.8 Å². The van der Waals surface area contributed by atoms with Gasteiger partial charge in [-0.3, -0.25) is 9.78 Å². The SMILES string of the molecule is Cc1cccc(C)c1CC(=O)c1ncc(Br)cc1Br. The smallest absolute Gasteiger partial charge is 0.186 e. The Labute approximate surface area is 129 Å². The van der Waals surface area contributed by atoms with E-state index in [1.54, 1.807) is 6.20 Å². The lowest BCUT2D eigenvalue weighted by molar-refractivity contribution is 0.0987. The summed E-state index contributed by atoms with van der Waals surface area (Å²) in [6, 6.07) is 7.90. The maximum Gasteiger partial charge on any atom is 0.186 e. The lowest BCUT2D eigenvalue weighted by atomic mass is 9.97. The second-order valence-electron chi connectivity index (χ2n) is 4.45. The normalized spacial score (nSPS) is 10.5. The van der Waals surface area contributed by atoms with Crippen LogP contribution in [0.15, 0.2) is 39.4 Å². The Morgan fingerprint density at radius 1 is 1.21 bits per heavy atom. The van der Waals surface area contributed by atoms with Crippen molar-refractivity contribution in [1.29, 1.82) is 0 Å². The molecule has 0 amide bonds. The molecule has 0 saturated carbocycles. The molecule has 2 nitrogen and oxygen atoms in total. The van der Waals surface area contributed by atoms with Crippen LogP contribution in [-0.2, 0) is 6.42 Å². The molecule has 1 aromatic carbocycles. The van der Waals surface area contributed by atoms with E-state index in [1.165, 1.54) is 0 Å². The van der Waals surface area contributed by atoms with Crippen molar-refractivity contribution in [2.24, 2.45) is 0 Å². The number of Topliss-reactive ketones (excluding diaryl/α,β-unsaturated/α-hetero) is 1. The molecule has 0 saturated heterocycles. The summed E-state index contributed by atoms with van der Waals surface area (Å²) in [7, 11) is 0. The van der Waals surface area contributed by atoms with Gasteiger partial charge < -0.3 is 0 Å². The molecule has 0 radical (unpaired) electrons. The lowest BCUT2D eigenvalue weighted by Gasteiger charge is -2.09. The molecule has 1 aromatic heterocycles. The zero-order valence-corrected chi connectivity index (χ0v) is 13.9. The molecular formula is C15H13Br2NO. The second kappa shape index (κ2) is 5.97. The van der Waals surface area contributed by atoms with Gasteiger partial charge in [-0.1, -0.05) is 18.2 Å². The van der Waals surface area contributed by atoms with Gasteiger partial charge in [0.1, 0.15) is 5.69 Å². The van der Waals surface area contributed by atoms with Crippen molar-refractivity contribution < 1.29 is 4.79 Å². The Balaban J connectivity index is 2.31. The summed E-state index contributed by atoms with van der Waals surface area (Å²) >= 11 is 6.72. The van der Waals surface area contributed by atoms with Gasteiger partial charge in [0.25, 0.3) is 0 Å². The van der Waals surface area contributed by atoms with Gasteiger partial charge in [-0.25, -0.2) is 0 Å². The molecule has 0 bridgehead atoms. The number of benzene rings is 1. The number of hydrogen-bond acceptors (Lipinski definition) is 2. The summed E-state index contributed by atoms with van der Waals surface area (Å²) in [5, 5.41) is 0. The van der Waals surface area contributed by atoms with Gasteiger partial charge in [0, 0.05) is 21.6 Å². The molecule has 0 aliphatic heterocycles. The number of hydrogen-bond donors (Lipinski definition) is 0.